The van der Waals surface area contributed by atoms with Crippen LogP contribution in [0.5, 0.6) is 0 Å². The SMILES string of the molecule is Nc1nsc(NC2CC3(CCC3)C2)n1. The minimum Gasteiger partial charge on any atom is -0.367 e. The molecule has 0 bridgehead atoms. The number of aromatic nitrogens is 2. The van der Waals surface area contributed by atoms with Gasteiger partial charge in [0, 0.05) is 17.6 Å². The van der Waals surface area contributed by atoms with Crippen LogP contribution in [0.4, 0.5) is 11.1 Å². The highest BCUT2D eigenvalue weighted by Crippen LogP contribution is 2.56. The van der Waals surface area contributed by atoms with Gasteiger partial charge >= 0.3 is 0 Å². The number of nitrogens with one attached hydrogen (secondary N) is 1. The van der Waals surface area contributed by atoms with E-state index in [0.29, 0.717) is 17.4 Å². The third-order valence-electron chi connectivity index (χ3n) is 3.54. The molecule has 0 amide bonds. The summed E-state index contributed by atoms with van der Waals surface area (Å²) in [6.45, 7) is 0. The Morgan fingerprint density at radius 3 is 2.71 bits per heavy atom. The van der Waals surface area contributed by atoms with E-state index < -0.39 is 0 Å². The first kappa shape index (κ1) is 8.47. The number of nitrogens with zero attached hydrogens (tertiary/aromatic N) is 2. The number of hydrogen-bond donors (Lipinski definition) is 2. The van der Waals surface area contributed by atoms with Gasteiger partial charge in [-0.1, -0.05) is 6.42 Å². The molecule has 2 aliphatic rings. The van der Waals surface area contributed by atoms with Gasteiger partial charge in [0.2, 0.25) is 11.1 Å². The van der Waals surface area contributed by atoms with Crippen molar-refractivity contribution in [2.45, 2.75) is 38.1 Å². The molecule has 14 heavy (non-hydrogen) atoms. The van der Waals surface area contributed by atoms with E-state index in [1.165, 1.54) is 43.6 Å². The van der Waals surface area contributed by atoms with Gasteiger partial charge in [-0.3, -0.25) is 0 Å². The second kappa shape index (κ2) is 2.82. The Hall–Kier alpha value is -0.840. The van der Waals surface area contributed by atoms with E-state index in [9.17, 15) is 0 Å². The van der Waals surface area contributed by atoms with Crippen molar-refractivity contribution in [1.29, 1.82) is 0 Å². The van der Waals surface area contributed by atoms with Gasteiger partial charge in [-0.2, -0.15) is 9.36 Å². The minimum atomic E-state index is 0.384. The van der Waals surface area contributed by atoms with E-state index in [0.717, 1.165) is 5.13 Å². The molecule has 0 unspecified atom stereocenters. The van der Waals surface area contributed by atoms with E-state index >= 15 is 0 Å². The first-order valence-electron chi connectivity index (χ1n) is 5.12. The number of anilines is 2. The predicted octanol–water partition coefficient (Wildman–Crippen LogP) is 1.86. The maximum Gasteiger partial charge on any atom is 0.233 e. The standard InChI is InChI=1S/C9H14N4S/c10-7-12-8(14-13-7)11-6-4-9(5-6)2-1-3-9/h6H,1-5H2,(H3,10,11,12,13). The summed E-state index contributed by atoms with van der Waals surface area (Å²) < 4.78 is 3.94. The molecule has 3 N–H and O–H groups in total. The molecule has 4 nitrogen and oxygen atoms in total. The molecule has 76 valence electrons. The average molecular weight is 210 g/mol. The molecule has 0 aromatic carbocycles. The summed E-state index contributed by atoms with van der Waals surface area (Å²) in [7, 11) is 0. The van der Waals surface area contributed by atoms with Crippen LogP contribution in [0.2, 0.25) is 0 Å². The minimum absolute atomic E-state index is 0.384. The van der Waals surface area contributed by atoms with E-state index in [4.69, 9.17) is 5.73 Å². The first-order valence-corrected chi connectivity index (χ1v) is 5.89. The van der Waals surface area contributed by atoms with Crippen molar-refractivity contribution >= 4 is 22.6 Å². The lowest BCUT2D eigenvalue weighted by Crippen LogP contribution is -2.49. The van der Waals surface area contributed by atoms with E-state index in [2.05, 4.69) is 14.7 Å². The van der Waals surface area contributed by atoms with Crippen molar-refractivity contribution in [1.82, 2.24) is 9.36 Å². The normalized spacial score (nSPS) is 24.3. The van der Waals surface area contributed by atoms with Crippen LogP contribution in [0.3, 0.4) is 0 Å². The van der Waals surface area contributed by atoms with Crippen LogP contribution in [-0.2, 0) is 0 Å². The number of nitrogen functional groups attached to an aromatic ring is 1. The molecule has 0 aliphatic heterocycles. The number of nitrogens with two attached hydrogens (primary N) is 1. The van der Waals surface area contributed by atoms with Crippen LogP contribution in [-0.4, -0.2) is 15.4 Å². The zero-order valence-corrected chi connectivity index (χ0v) is 8.81. The van der Waals surface area contributed by atoms with Crippen LogP contribution in [0.15, 0.2) is 0 Å². The highest BCUT2D eigenvalue weighted by molar-refractivity contribution is 7.09. The Bertz CT molecular complexity index is 336. The Labute approximate surface area is 87.1 Å². The molecule has 1 aromatic rings. The summed E-state index contributed by atoms with van der Waals surface area (Å²) >= 11 is 1.36. The Morgan fingerprint density at radius 1 is 1.43 bits per heavy atom. The van der Waals surface area contributed by atoms with Gasteiger partial charge in [0.25, 0.3) is 0 Å². The third-order valence-corrected chi connectivity index (χ3v) is 4.20. The molecule has 2 aliphatic carbocycles. The summed E-state index contributed by atoms with van der Waals surface area (Å²) in [5, 5.41) is 4.26. The summed E-state index contributed by atoms with van der Waals surface area (Å²) in [5.41, 5.74) is 6.17. The van der Waals surface area contributed by atoms with Crippen molar-refractivity contribution in [3.63, 3.8) is 0 Å². The van der Waals surface area contributed by atoms with Crippen molar-refractivity contribution in [3.8, 4) is 0 Å². The monoisotopic (exact) mass is 210 g/mol. The predicted molar refractivity (Wildman–Crippen MR) is 57.3 cm³/mol. The number of rotatable bonds is 2. The smallest absolute Gasteiger partial charge is 0.233 e. The first-order chi connectivity index (χ1) is 6.76. The van der Waals surface area contributed by atoms with E-state index in [1.807, 2.05) is 0 Å². The molecule has 0 atom stereocenters. The van der Waals surface area contributed by atoms with Gasteiger partial charge < -0.3 is 11.1 Å². The molecule has 2 saturated carbocycles. The Kier molecular flexibility index (Phi) is 1.71. The summed E-state index contributed by atoms with van der Waals surface area (Å²) in [4.78, 5) is 4.10. The molecule has 1 spiro atoms. The topological polar surface area (TPSA) is 63.8 Å². The second-order valence-electron chi connectivity index (χ2n) is 4.56. The Balaban J connectivity index is 1.55. The van der Waals surface area contributed by atoms with Gasteiger partial charge in [0.05, 0.1) is 0 Å². The molecule has 0 saturated heterocycles. The van der Waals surface area contributed by atoms with Gasteiger partial charge in [0.1, 0.15) is 0 Å². The van der Waals surface area contributed by atoms with Gasteiger partial charge in [-0.05, 0) is 31.1 Å². The molecule has 3 rings (SSSR count). The molecule has 1 aromatic heterocycles. The van der Waals surface area contributed by atoms with Gasteiger partial charge in [-0.15, -0.1) is 0 Å². The van der Waals surface area contributed by atoms with Crippen molar-refractivity contribution in [2.75, 3.05) is 11.1 Å². The van der Waals surface area contributed by atoms with Crippen molar-refractivity contribution < 1.29 is 0 Å². The van der Waals surface area contributed by atoms with E-state index in [1.54, 1.807) is 0 Å². The van der Waals surface area contributed by atoms with Crippen LogP contribution in [0.1, 0.15) is 32.1 Å². The zero-order valence-electron chi connectivity index (χ0n) is 7.99. The summed E-state index contributed by atoms with van der Waals surface area (Å²) in [6, 6.07) is 0.614. The molecule has 0 radical (unpaired) electrons. The van der Waals surface area contributed by atoms with Crippen molar-refractivity contribution in [3.05, 3.63) is 0 Å². The highest BCUT2D eigenvalue weighted by Gasteiger charge is 2.48. The largest absolute Gasteiger partial charge is 0.367 e. The third kappa shape index (κ3) is 1.27. The molecular formula is C9H14N4S. The maximum absolute atomic E-state index is 5.45. The van der Waals surface area contributed by atoms with E-state index in [-0.39, 0.29) is 0 Å². The lowest BCUT2D eigenvalue weighted by atomic mass is 9.54. The van der Waals surface area contributed by atoms with Crippen LogP contribution >= 0.6 is 11.5 Å². The lowest BCUT2D eigenvalue weighted by molar-refractivity contribution is 0.0192. The van der Waals surface area contributed by atoms with Crippen molar-refractivity contribution in [2.24, 2.45) is 5.41 Å². The quantitative estimate of drug-likeness (QED) is 0.782. The molecule has 5 heteroatoms. The fraction of sp³-hybridized carbons (Fsp3) is 0.778. The fourth-order valence-electron chi connectivity index (χ4n) is 2.64. The van der Waals surface area contributed by atoms with Crippen LogP contribution in [0.25, 0.3) is 0 Å². The molecular weight excluding hydrogens is 196 g/mol. The highest BCUT2D eigenvalue weighted by atomic mass is 32.1. The Morgan fingerprint density at radius 2 is 2.21 bits per heavy atom. The summed E-state index contributed by atoms with van der Waals surface area (Å²) in [6.07, 6.45) is 6.92. The average Bonchev–Trinajstić information content (AvgIpc) is 2.39. The molecule has 2 fully saturated rings. The van der Waals surface area contributed by atoms with Gasteiger partial charge in [0.15, 0.2) is 0 Å². The lowest BCUT2D eigenvalue weighted by Gasteiger charge is -2.54. The fourth-order valence-corrected chi connectivity index (χ4v) is 3.22. The second-order valence-corrected chi connectivity index (χ2v) is 5.31. The molecule has 1 heterocycles. The zero-order chi connectivity index (χ0) is 9.60. The van der Waals surface area contributed by atoms with Crippen LogP contribution < -0.4 is 11.1 Å². The maximum atomic E-state index is 5.45. The van der Waals surface area contributed by atoms with Crippen LogP contribution in [0, 0.1) is 5.41 Å². The summed E-state index contributed by atoms with van der Waals surface area (Å²) in [5.74, 6) is 0.384. The van der Waals surface area contributed by atoms with Gasteiger partial charge in [-0.25, -0.2) is 0 Å². The number of hydrogen-bond acceptors (Lipinski definition) is 5.